The van der Waals surface area contributed by atoms with Gasteiger partial charge in [-0.05, 0) is 69.1 Å². The maximum atomic E-state index is 5.80. The quantitative estimate of drug-likeness (QED) is 0.594. The van der Waals surface area contributed by atoms with Gasteiger partial charge < -0.3 is 14.4 Å². The van der Waals surface area contributed by atoms with Crippen molar-refractivity contribution in [1.82, 2.24) is 9.80 Å². The van der Waals surface area contributed by atoms with Gasteiger partial charge >= 0.3 is 0 Å². The largest absolute Gasteiger partial charge is 0.496 e. The van der Waals surface area contributed by atoms with Crippen molar-refractivity contribution in [1.29, 1.82) is 0 Å². The summed E-state index contributed by atoms with van der Waals surface area (Å²) in [4.78, 5) is 4.60. The Balaban J connectivity index is 2.54. The molecule has 0 aromatic heterocycles. The first kappa shape index (κ1) is 22.1. The van der Waals surface area contributed by atoms with Gasteiger partial charge in [0.25, 0.3) is 0 Å². The van der Waals surface area contributed by atoms with Gasteiger partial charge in [0.2, 0.25) is 0 Å². The van der Waals surface area contributed by atoms with Crippen LogP contribution in [0.5, 0.6) is 11.5 Å². The SMILES string of the molecule is CC=C1C(C)=C(C)C(c2cc(OC)c(CN(CC)CCC)c(OC)c2)=CN1C. The number of hydrogen-bond acceptors (Lipinski definition) is 4. The van der Waals surface area contributed by atoms with Crippen LogP contribution in [0.15, 0.2) is 41.3 Å². The van der Waals surface area contributed by atoms with Crippen molar-refractivity contribution < 1.29 is 9.47 Å². The van der Waals surface area contributed by atoms with E-state index in [1.807, 2.05) is 0 Å². The van der Waals surface area contributed by atoms with Crippen LogP contribution in [-0.4, -0.2) is 44.2 Å². The van der Waals surface area contributed by atoms with E-state index < -0.39 is 0 Å². The topological polar surface area (TPSA) is 24.9 Å². The third-order valence-corrected chi connectivity index (χ3v) is 5.61. The van der Waals surface area contributed by atoms with E-state index in [0.29, 0.717) is 0 Å². The maximum absolute atomic E-state index is 5.80. The second-order valence-corrected chi connectivity index (χ2v) is 7.31. The molecular weight excluding hydrogens is 348 g/mol. The van der Waals surface area contributed by atoms with Crippen LogP contribution in [0.1, 0.15) is 52.2 Å². The minimum atomic E-state index is 0.826. The molecule has 4 heteroatoms. The molecule has 0 atom stereocenters. The van der Waals surface area contributed by atoms with Gasteiger partial charge in [-0.2, -0.15) is 0 Å². The second kappa shape index (κ2) is 9.83. The maximum Gasteiger partial charge on any atom is 0.127 e. The Morgan fingerprint density at radius 1 is 1.04 bits per heavy atom. The first-order valence-electron chi connectivity index (χ1n) is 10.2. The van der Waals surface area contributed by atoms with E-state index in [9.17, 15) is 0 Å². The lowest BCUT2D eigenvalue weighted by Gasteiger charge is -2.29. The highest BCUT2D eigenvalue weighted by Crippen LogP contribution is 2.39. The van der Waals surface area contributed by atoms with Crippen molar-refractivity contribution in [3.63, 3.8) is 0 Å². The standard InChI is InChI=1S/C24H36N2O2/c1-9-12-26(11-3)16-21-23(27-7)13-19(14-24(21)28-8)20-15-25(6)22(10-2)18(5)17(20)4/h10,13-15H,9,11-12,16H2,1-8H3. The van der Waals surface area contributed by atoms with E-state index in [0.717, 1.165) is 48.7 Å². The summed E-state index contributed by atoms with van der Waals surface area (Å²) in [6.45, 7) is 13.7. The molecule has 0 saturated heterocycles. The van der Waals surface area contributed by atoms with Crippen LogP contribution >= 0.6 is 0 Å². The van der Waals surface area contributed by atoms with Crippen molar-refractivity contribution in [2.24, 2.45) is 0 Å². The van der Waals surface area contributed by atoms with E-state index in [2.05, 4.69) is 75.9 Å². The van der Waals surface area contributed by atoms with Gasteiger partial charge in [0.1, 0.15) is 11.5 Å². The minimum absolute atomic E-state index is 0.826. The van der Waals surface area contributed by atoms with E-state index in [1.54, 1.807) is 14.2 Å². The molecule has 0 fully saturated rings. The van der Waals surface area contributed by atoms with Gasteiger partial charge in [0, 0.05) is 31.1 Å². The predicted molar refractivity (Wildman–Crippen MR) is 119 cm³/mol. The van der Waals surface area contributed by atoms with Gasteiger partial charge in [-0.15, -0.1) is 0 Å². The van der Waals surface area contributed by atoms with E-state index in [4.69, 9.17) is 9.47 Å². The molecule has 1 heterocycles. The molecule has 0 bridgehead atoms. The molecule has 0 unspecified atom stereocenters. The lowest BCUT2D eigenvalue weighted by Crippen LogP contribution is -2.24. The molecule has 1 aliphatic rings. The summed E-state index contributed by atoms with van der Waals surface area (Å²) in [5.74, 6) is 1.77. The van der Waals surface area contributed by atoms with Crippen LogP contribution in [0.2, 0.25) is 0 Å². The van der Waals surface area contributed by atoms with Gasteiger partial charge in [-0.1, -0.05) is 19.9 Å². The van der Waals surface area contributed by atoms with Crippen molar-refractivity contribution in [3.8, 4) is 11.5 Å². The normalized spacial score (nSPS) is 16.1. The number of nitrogens with zero attached hydrogens (tertiary/aromatic N) is 2. The number of benzene rings is 1. The molecular formula is C24H36N2O2. The molecule has 0 N–H and O–H groups in total. The Morgan fingerprint density at radius 2 is 1.64 bits per heavy atom. The van der Waals surface area contributed by atoms with Crippen LogP contribution in [-0.2, 0) is 6.54 Å². The molecule has 0 radical (unpaired) electrons. The average molecular weight is 385 g/mol. The van der Waals surface area contributed by atoms with Crippen molar-refractivity contribution >= 4 is 5.57 Å². The fraction of sp³-hybridized carbons (Fsp3) is 0.500. The smallest absolute Gasteiger partial charge is 0.127 e. The van der Waals surface area contributed by atoms with Crippen LogP contribution < -0.4 is 9.47 Å². The molecule has 4 nitrogen and oxygen atoms in total. The van der Waals surface area contributed by atoms with Gasteiger partial charge in [0.15, 0.2) is 0 Å². The fourth-order valence-electron chi connectivity index (χ4n) is 3.91. The van der Waals surface area contributed by atoms with Crippen LogP contribution in [0.3, 0.4) is 0 Å². The summed E-state index contributed by atoms with van der Waals surface area (Å²) in [6, 6.07) is 4.30. The first-order chi connectivity index (χ1) is 13.4. The monoisotopic (exact) mass is 384 g/mol. The number of hydrogen-bond donors (Lipinski definition) is 0. The third-order valence-electron chi connectivity index (χ3n) is 5.61. The molecule has 1 aromatic carbocycles. The van der Waals surface area contributed by atoms with Crippen LogP contribution in [0.4, 0.5) is 0 Å². The molecule has 1 aromatic rings. The summed E-state index contributed by atoms with van der Waals surface area (Å²) >= 11 is 0. The third kappa shape index (κ3) is 4.44. The number of rotatable bonds is 8. The van der Waals surface area contributed by atoms with Gasteiger partial charge in [-0.3, -0.25) is 4.90 Å². The highest BCUT2D eigenvalue weighted by Gasteiger charge is 2.21. The van der Waals surface area contributed by atoms with E-state index >= 15 is 0 Å². The van der Waals surface area contributed by atoms with Crippen molar-refractivity contribution in [2.45, 2.75) is 47.6 Å². The number of methoxy groups -OCH3 is 2. The molecule has 0 aliphatic carbocycles. The zero-order chi connectivity index (χ0) is 20.8. The lowest BCUT2D eigenvalue weighted by atomic mass is 9.90. The highest BCUT2D eigenvalue weighted by atomic mass is 16.5. The molecule has 28 heavy (non-hydrogen) atoms. The summed E-state index contributed by atoms with van der Waals surface area (Å²) in [5.41, 5.74) is 7.26. The van der Waals surface area contributed by atoms with Crippen LogP contribution in [0, 0.1) is 0 Å². The molecule has 1 aliphatic heterocycles. The Kier molecular flexibility index (Phi) is 7.76. The van der Waals surface area contributed by atoms with E-state index in [-0.39, 0.29) is 0 Å². The average Bonchev–Trinajstić information content (AvgIpc) is 2.70. The predicted octanol–water partition coefficient (Wildman–Crippen LogP) is 5.46. The van der Waals surface area contributed by atoms with Crippen molar-refractivity contribution in [2.75, 3.05) is 34.4 Å². The van der Waals surface area contributed by atoms with Crippen LogP contribution in [0.25, 0.3) is 5.57 Å². The Hall–Kier alpha value is -2.20. The highest BCUT2D eigenvalue weighted by molar-refractivity contribution is 5.83. The van der Waals surface area contributed by atoms with Crippen molar-refractivity contribution in [3.05, 3.63) is 52.4 Å². The zero-order valence-electron chi connectivity index (χ0n) is 18.8. The fourth-order valence-corrected chi connectivity index (χ4v) is 3.91. The first-order valence-corrected chi connectivity index (χ1v) is 10.2. The zero-order valence-corrected chi connectivity index (χ0v) is 18.8. The van der Waals surface area contributed by atoms with E-state index in [1.165, 1.54) is 22.4 Å². The summed E-state index contributed by atoms with van der Waals surface area (Å²) in [6.07, 6.45) is 5.48. The molecule has 154 valence electrons. The molecule has 0 saturated carbocycles. The molecule has 0 spiro atoms. The Morgan fingerprint density at radius 3 is 2.11 bits per heavy atom. The molecule has 2 rings (SSSR count). The summed E-state index contributed by atoms with van der Waals surface area (Å²) in [5, 5.41) is 0. The van der Waals surface area contributed by atoms with Gasteiger partial charge in [-0.25, -0.2) is 0 Å². The molecule has 0 amide bonds. The lowest BCUT2D eigenvalue weighted by molar-refractivity contribution is 0.269. The number of likely N-dealkylation sites (N-methyl/N-ethyl adjacent to an activating group) is 1. The Bertz CT molecular complexity index is 765. The minimum Gasteiger partial charge on any atom is -0.496 e. The number of allylic oxidation sites excluding steroid dienone is 4. The Labute approximate surface area is 171 Å². The number of ether oxygens (including phenoxy) is 2. The summed E-state index contributed by atoms with van der Waals surface area (Å²) in [7, 11) is 5.58. The summed E-state index contributed by atoms with van der Waals surface area (Å²) < 4.78 is 11.6. The van der Waals surface area contributed by atoms with Gasteiger partial charge in [0.05, 0.1) is 19.8 Å². The second-order valence-electron chi connectivity index (χ2n) is 7.31.